The normalized spacial score (nSPS) is 12.9. The average molecular weight is 369 g/mol. The van der Waals surface area contributed by atoms with E-state index in [1.165, 1.54) is 5.56 Å². The first-order chi connectivity index (χ1) is 13.4. The Kier molecular flexibility index (Phi) is 3.47. The molecular weight excluding hydrogens is 350 g/mol. The Labute approximate surface area is 162 Å². The van der Waals surface area contributed by atoms with Crippen molar-refractivity contribution in [3.05, 3.63) is 77.4 Å². The molecule has 0 fully saturated rings. The van der Waals surface area contributed by atoms with E-state index in [0.29, 0.717) is 39.3 Å². The Balaban J connectivity index is 1.63. The second kappa shape index (κ2) is 5.80. The first-order valence-electron chi connectivity index (χ1n) is 9.28. The van der Waals surface area contributed by atoms with Gasteiger partial charge in [0, 0.05) is 11.1 Å². The highest BCUT2D eigenvalue weighted by molar-refractivity contribution is 6.26. The van der Waals surface area contributed by atoms with Gasteiger partial charge in [0.2, 0.25) is 0 Å². The van der Waals surface area contributed by atoms with Crippen molar-refractivity contribution in [2.75, 3.05) is 0 Å². The monoisotopic (exact) mass is 369 g/mol. The second-order valence-corrected chi connectivity index (χ2v) is 8.10. The third-order valence-corrected chi connectivity index (χ3v) is 5.20. The summed E-state index contributed by atoms with van der Waals surface area (Å²) in [5, 5.41) is 4.84. The SMILES string of the molecule is CC(C)(C)c1ccc(Oc2ccc3noc4c3c2C(=O)c2ccccc2-4)cc1. The van der Waals surface area contributed by atoms with E-state index in [1.807, 2.05) is 42.5 Å². The Morgan fingerprint density at radius 2 is 1.61 bits per heavy atom. The van der Waals surface area contributed by atoms with Gasteiger partial charge in [-0.2, -0.15) is 0 Å². The standard InChI is InChI=1S/C24H19NO3/c1-24(2,3)14-8-10-15(11-9-14)27-19-13-12-18-20-21(19)22(26)16-6-4-5-7-17(16)23(20)28-25-18/h4-13H,1-3H3. The van der Waals surface area contributed by atoms with Crippen molar-refractivity contribution in [2.24, 2.45) is 0 Å². The summed E-state index contributed by atoms with van der Waals surface area (Å²) < 4.78 is 11.7. The van der Waals surface area contributed by atoms with Crippen LogP contribution in [0.5, 0.6) is 11.5 Å². The molecular formula is C24H19NO3. The average Bonchev–Trinajstić information content (AvgIpc) is 3.11. The summed E-state index contributed by atoms with van der Waals surface area (Å²) >= 11 is 0. The summed E-state index contributed by atoms with van der Waals surface area (Å²) in [5.41, 5.74) is 3.83. The molecule has 1 aliphatic carbocycles. The maximum absolute atomic E-state index is 13.2. The van der Waals surface area contributed by atoms with Gasteiger partial charge in [0.25, 0.3) is 0 Å². The molecule has 1 aromatic heterocycles. The smallest absolute Gasteiger partial charge is 0.198 e. The lowest BCUT2D eigenvalue weighted by Gasteiger charge is -2.20. The van der Waals surface area contributed by atoms with Gasteiger partial charge < -0.3 is 9.26 Å². The van der Waals surface area contributed by atoms with Crippen molar-refractivity contribution in [1.82, 2.24) is 5.16 Å². The topological polar surface area (TPSA) is 52.3 Å². The minimum absolute atomic E-state index is 0.0699. The first kappa shape index (κ1) is 16.8. The Bertz CT molecular complexity index is 1230. The molecule has 138 valence electrons. The molecule has 28 heavy (non-hydrogen) atoms. The van der Waals surface area contributed by atoms with Crippen molar-refractivity contribution in [3.63, 3.8) is 0 Å². The highest BCUT2D eigenvalue weighted by Gasteiger charge is 2.31. The van der Waals surface area contributed by atoms with Crippen molar-refractivity contribution >= 4 is 16.7 Å². The van der Waals surface area contributed by atoms with E-state index in [-0.39, 0.29) is 11.2 Å². The van der Waals surface area contributed by atoms with Crippen LogP contribution < -0.4 is 4.74 Å². The zero-order valence-electron chi connectivity index (χ0n) is 15.9. The maximum Gasteiger partial charge on any atom is 0.198 e. The van der Waals surface area contributed by atoms with Crippen LogP contribution in [0.4, 0.5) is 0 Å². The molecule has 1 heterocycles. The van der Waals surface area contributed by atoms with Crippen LogP contribution >= 0.6 is 0 Å². The summed E-state index contributed by atoms with van der Waals surface area (Å²) in [6.07, 6.45) is 0. The molecule has 0 amide bonds. The van der Waals surface area contributed by atoms with Gasteiger partial charge in [-0.15, -0.1) is 0 Å². The molecule has 0 spiro atoms. The summed E-state index contributed by atoms with van der Waals surface area (Å²) in [6.45, 7) is 6.51. The third kappa shape index (κ3) is 2.45. The van der Waals surface area contributed by atoms with E-state index < -0.39 is 0 Å². The summed E-state index contributed by atoms with van der Waals surface area (Å²) in [6, 6.07) is 19.0. The lowest BCUT2D eigenvalue weighted by molar-refractivity contribution is 0.103. The Morgan fingerprint density at radius 1 is 0.893 bits per heavy atom. The molecule has 0 bridgehead atoms. The van der Waals surface area contributed by atoms with Gasteiger partial charge in [0.15, 0.2) is 11.5 Å². The molecule has 0 radical (unpaired) electrons. The van der Waals surface area contributed by atoms with Gasteiger partial charge in [-0.1, -0.05) is 62.3 Å². The van der Waals surface area contributed by atoms with Gasteiger partial charge in [-0.3, -0.25) is 4.79 Å². The van der Waals surface area contributed by atoms with Crippen molar-refractivity contribution in [1.29, 1.82) is 0 Å². The van der Waals surface area contributed by atoms with Crippen LogP contribution in [0.25, 0.3) is 22.2 Å². The molecule has 5 rings (SSSR count). The van der Waals surface area contributed by atoms with Crippen LogP contribution in [0, 0.1) is 0 Å². The fraction of sp³-hybridized carbons (Fsp3) is 0.167. The quantitative estimate of drug-likeness (QED) is 0.376. The fourth-order valence-electron chi connectivity index (χ4n) is 3.68. The number of ketones is 1. The van der Waals surface area contributed by atoms with E-state index in [2.05, 4.69) is 38.1 Å². The molecule has 0 saturated heterocycles. The van der Waals surface area contributed by atoms with Crippen LogP contribution in [0.1, 0.15) is 42.3 Å². The van der Waals surface area contributed by atoms with Crippen molar-refractivity contribution in [2.45, 2.75) is 26.2 Å². The summed E-state index contributed by atoms with van der Waals surface area (Å²) in [4.78, 5) is 13.2. The fourth-order valence-corrected chi connectivity index (χ4v) is 3.68. The Morgan fingerprint density at radius 3 is 2.32 bits per heavy atom. The number of benzene rings is 3. The van der Waals surface area contributed by atoms with Crippen molar-refractivity contribution in [3.8, 4) is 22.8 Å². The predicted molar refractivity (Wildman–Crippen MR) is 108 cm³/mol. The second-order valence-electron chi connectivity index (χ2n) is 8.10. The van der Waals surface area contributed by atoms with E-state index in [4.69, 9.17) is 9.26 Å². The molecule has 0 saturated carbocycles. The zero-order valence-corrected chi connectivity index (χ0v) is 15.9. The number of hydrogen-bond acceptors (Lipinski definition) is 4. The van der Waals surface area contributed by atoms with Crippen LogP contribution in [-0.4, -0.2) is 10.9 Å². The third-order valence-electron chi connectivity index (χ3n) is 5.20. The number of nitrogens with zero attached hydrogens (tertiary/aromatic N) is 1. The number of fused-ring (bicyclic) bond motifs is 2. The van der Waals surface area contributed by atoms with Gasteiger partial charge >= 0.3 is 0 Å². The molecule has 0 atom stereocenters. The van der Waals surface area contributed by atoms with Gasteiger partial charge in [-0.25, -0.2) is 0 Å². The largest absolute Gasteiger partial charge is 0.457 e. The maximum atomic E-state index is 13.2. The number of hydrogen-bond donors (Lipinski definition) is 0. The van der Waals surface area contributed by atoms with Gasteiger partial charge in [-0.05, 0) is 35.2 Å². The number of carbonyl (C=O) groups excluding carboxylic acids is 1. The minimum Gasteiger partial charge on any atom is -0.457 e. The van der Waals surface area contributed by atoms with E-state index in [9.17, 15) is 4.79 Å². The van der Waals surface area contributed by atoms with Crippen LogP contribution in [-0.2, 0) is 5.41 Å². The molecule has 1 aliphatic rings. The highest BCUT2D eigenvalue weighted by Crippen LogP contribution is 2.43. The molecule has 4 nitrogen and oxygen atoms in total. The minimum atomic E-state index is -0.0711. The van der Waals surface area contributed by atoms with Crippen LogP contribution in [0.3, 0.4) is 0 Å². The molecule has 3 aromatic carbocycles. The predicted octanol–water partition coefficient (Wildman–Crippen LogP) is 6.13. The lowest BCUT2D eigenvalue weighted by atomic mass is 9.87. The molecule has 4 heteroatoms. The summed E-state index contributed by atoms with van der Waals surface area (Å²) in [5.74, 6) is 1.75. The molecule has 4 aromatic rings. The number of rotatable bonds is 2. The molecule has 0 aliphatic heterocycles. The van der Waals surface area contributed by atoms with E-state index in [1.54, 1.807) is 6.07 Å². The number of aromatic nitrogens is 1. The summed E-state index contributed by atoms with van der Waals surface area (Å²) in [7, 11) is 0. The molecule has 0 N–H and O–H groups in total. The Hall–Kier alpha value is -3.40. The van der Waals surface area contributed by atoms with E-state index in [0.717, 1.165) is 5.56 Å². The zero-order chi connectivity index (χ0) is 19.5. The first-order valence-corrected chi connectivity index (χ1v) is 9.28. The number of carbonyl (C=O) groups is 1. The van der Waals surface area contributed by atoms with Gasteiger partial charge in [0.05, 0.1) is 10.9 Å². The number of ether oxygens (including phenoxy) is 1. The van der Waals surface area contributed by atoms with Crippen LogP contribution in [0.2, 0.25) is 0 Å². The van der Waals surface area contributed by atoms with Crippen molar-refractivity contribution < 1.29 is 14.1 Å². The lowest BCUT2D eigenvalue weighted by Crippen LogP contribution is -2.11. The van der Waals surface area contributed by atoms with Gasteiger partial charge in [0.1, 0.15) is 17.0 Å². The van der Waals surface area contributed by atoms with Crippen LogP contribution in [0.15, 0.2) is 65.2 Å². The molecule has 0 unspecified atom stereocenters. The van der Waals surface area contributed by atoms with E-state index >= 15 is 0 Å². The highest BCUT2D eigenvalue weighted by atomic mass is 16.5.